The van der Waals surface area contributed by atoms with Crippen LogP contribution in [0.4, 0.5) is 0 Å². The third-order valence-corrected chi connectivity index (χ3v) is 4.10. The van der Waals surface area contributed by atoms with Crippen LogP contribution in [0.1, 0.15) is 12.5 Å². The fraction of sp³-hybridized carbons (Fsp3) is 0.0909. The van der Waals surface area contributed by atoms with Gasteiger partial charge in [-0.2, -0.15) is 0 Å². The van der Waals surface area contributed by atoms with E-state index in [1.165, 1.54) is 0 Å². The van der Waals surface area contributed by atoms with Crippen LogP contribution in [-0.4, -0.2) is 10.2 Å². The van der Waals surface area contributed by atoms with Crippen molar-refractivity contribution in [3.8, 4) is 5.75 Å². The molecule has 0 aliphatic heterocycles. The number of phenols is 1. The number of phenolic OH excluding ortho intramolecular Hbond substituents is 1. The van der Waals surface area contributed by atoms with Crippen molar-refractivity contribution in [2.45, 2.75) is 12.5 Å². The Balaban J connectivity index is 2.92. The Morgan fingerprint density at radius 2 is 1.42 bits per heavy atom. The molecule has 1 atom stereocenters. The van der Waals surface area contributed by atoms with Crippen LogP contribution in [0.3, 0.4) is 0 Å². The van der Waals surface area contributed by atoms with Crippen molar-refractivity contribution in [1.29, 1.82) is 0 Å². The molecule has 24 heavy (non-hydrogen) atoms. The zero-order valence-corrected chi connectivity index (χ0v) is 13.9. The molecular formula is C22H22O2. The van der Waals surface area contributed by atoms with E-state index in [1.807, 2.05) is 31.2 Å². The van der Waals surface area contributed by atoms with Crippen molar-refractivity contribution in [3.63, 3.8) is 0 Å². The largest absolute Gasteiger partial charge is 0.508 e. The molecule has 1 aliphatic rings. The highest BCUT2D eigenvalue weighted by atomic mass is 16.3. The lowest BCUT2D eigenvalue weighted by atomic mass is 9.76. The van der Waals surface area contributed by atoms with Crippen LogP contribution < -0.4 is 0 Å². The van der Waals surface area contributed by atoms with Crippen molar-refractivity contribution in [2.75, 3.05) is 0 Å². The predicted molar refractivity (Wildman–Crippen MR) is 101 cm³/mol. The van der Waals surface area contributed by atoms with Crippen LogP contribution in [0.5, 0.6) is 5.75 Å². The van der Waals surface area contributed by atoms with Gasteiger partial charge in [0.05, 0.1) is 0 Å². The summed E-state index contributed by atoms with van der Waals surface area (Å²) in [7, 11) is 0. The zero-order valence-electron chi connectivity index (χ0n) is 13.9. The number of benzene rings is 1. The molecule has 2 rings (SSSR count). The van der Waals surface area contributed by atoms with Gasteiger partial charge in [0.15, 0.2) is 0 Å². The van der Waals surface area contributed by atoms with Crippen molar-refractivity contribution in [1.82, 2.24) is 0 Å². The summed E-state index contributed by atoms with van der Waals surface area (Å²) in [6, 6.07) is 6.50. The number of rotatable bonds is 5. The number of aromatic hydroxyl groups is 1. The molecule has 0 aromatic heterocycles. The number of allylic oxidation sites excluding steroid dienone is 7. The second kappa shape index (κ2) is 7.16. The minimum absolute atomic E-state index is 0.139. The van der Waals surface area contributed by atoms with Crippen LogP contribution in [0.2, 0.25) is 0 Å². The van der Waals surface area contributed by atoms with Gasteiger partial charge in [0.1, 0.15) is 11.4 Å². The van der Waals surface area contributed by atoms with Gasteiger partial charge in [-0.05, 0) is 46.9 Å². The van der Waals surface area contributed by atoms with Gasteiger partial charge < -0.3 is 10.2 Å². The minimum Gasteiger partial charge on any atom is -0.508 e. The normalized spacial score (nSPS) is 21.1. The second-order valence-corrected chi connectivity index (χ2v) is 5.44. The Kier molecular flexibility index (Phi) is 5.22. The van der Waals surface area contributed by atoms with Gasteiger partial charge in [-0.3, -0.25) is 0 Å². The van der Waals surface area contributed by atoms with Crippen LogP contribution in [-0.2, 0) is 5.60 Å². The average molecular weight is 318 g/mol. The van der Waals surface area contributed by atoms with Gasteiger partial charge in [0.25, 0.3) is 0 Å². The Hall–Kier alpha value is -2.84. The molecule has 0 saturated carbocycles. The fourth-order valence-electron chi connectivity index (χ4n) is 2.97. The fourth-order valence-corrected chi connectivity index (χ4v) is 2.97. The molecule has 2 heteroatoms. The number of aliphatic hydroxyl groups is 1. The molecule has 2 nitrogen and oxygen atoms in total. The lowest BCUT2D eigenvalue weighted by Crippen LogP contribution is -2.30. The van der Waals surface area contributed by atoms with E-state index < -0.39 is 5.60 Å². The summed E-state index contributed by atoms with van der Waals surface area (Å²) in [5, 5.41) is 21.4. The summed E-state index contributed by atoms with van der Waals surface area (Å²) >= 11 is 0. The standard InChI is InChI=1S/C22H22O2/c1-5-9-17-11-10-16(6-2)20(7-3)22(24,21(17)8-4)18-12-14-19(23)15-13-18/h5-15,23-24H,2-4H2,1H3/b9-5-. The summed E-state index contributed by atoms with van der Waals surface area (Å²) < 4.78 is 0. The average Bonchev–Trinajstić information content (AvgIpc) is 2.70. The Bertz CT molecular complexity index is 786. The predicted octanol–water partition coefficient (Wildman–Crippen LogP) is 4.88. The van der Waals surface area contributed by atoms with Gasteiger partial charge in [-0.15, -0.1) is 0 Å². The molecule has 0 saturated heterocycles. The first-order chi connectivity index (χ1) is 11.5. The molecule has 2 N–H and O–H groups in total. The maximum absolute atomic E-state index is 11.8. The van der Waals surface area contributed by atoms with Crippen molar-refractivity contribution in [2.24, 2.45) is 0 Å². The van der Waals surface area contributed by atoms with Crippen LogP contribution in [0, 0.1) is 0 Å². The van der Waals surface area contributed by atoms with Gasteiger partial charge in [-0.25, -0.2) is 0 Å². The third-order valence-electron chi connectivity index (χ3n) is 4.10. The van der Waals surface area contributed by atoms with Crippen LogP contribution >= 0.6 is 0 Å². The zero-order chi connectivity index (χ0) is 17.7. The van der Waals surface area contributed by atoms with Crippen molar-refractivity contribution >= 4 is 0 Å². The number of hydrogen-bond donors (Lipinski definition) is 2. The van der Waals surface area contributed by atoms with Gasteiger partial charge in [0.2, 0.25) is 0 Å². The quantitative estimate of drug-likeness (QED) is 0.812. The van der Waals surface area contributed by atoms with E-state index in [0.717, 1.165) is 11.1 Å². The smallest absolute Gasteiger partial charge is 0.141 e. The molecule has 0 fully saturated rings. The molecule has 1 aliphatic carbocycles. The van der Waals surface area contributed by atoms with Crippen LogP contribution in [0.25, 0.3) is 0 Å². The van der Waals surface area contributed by atoms with E-state index in [0.29, 0.717) is 16.7 Å². The lowest BCUT2D eigenvalue weighted by Gasteiger charge is -2.33. The van der Waals surface area contributed by atoms with Crippen molar-refractivity contribution < 1.29 is 10.2 Å². The molecule has 0 radical (unpaired) electrons. The van der Waals surface area contributed by atoms with E-state index in [1.54, 1.807) is 42.5 Å². The third kappa shape index (κ3) is 2.84. The second-order valence-electron chi connectivity index (χ2n) is 5.44. The van der Waals surface area contributed by atoms with E-state index in [-0.39, 0.29) is 5.75 Å². The topological polar surface area (TPSA) is 40.5 Å². The van der Waals surface area contributed by atoms with Gasteiger partial charge in [0, 0.05) is 0 Å². The van der Waals surface area contributed by atoms with E-state index in [2.05, 4.69) is 19.7 Å². The highest BCUT2D eigenvalue weighted by Crippen LogP contribution is 2.43. The van der Waals surface area contributed by atoms with E-state index in [4.69, 9.17) is 0 Å². The minimum atomic E-state index is -1.45. The SMILES string of the molecule is C=CC1=C(C=C)C(O)(c2ccc(O)cc2)C(C=C)=C(/C=C\C)C=C1. The monoisotopic (exact) mass is 318 g/mol. The first kappa shape index (κ1) is 17.5. The molecule has 0 amide bonds. The van der Waals surface area contributed by atoms with E-state index in [9.17, 15) is 10.2 Å². The van der Waals surface area contributed by atoms with Crippen LogP contribution in [0.15, 0.2) is 109 Å². The Labute approximate surface area is 143 Å². The first-order valence-corrected chi connectivity index (χ1v) is 7.72. The molecule has 0 bridgehead atoms. The lowest BCUT2D eigenvalue weighted by molar-refractivity contribution is 0.123. The summed E-state index contributed by atoms with van der Waals surface area (Å²) in [6.07, 6.45) is 12.6. The molecule has 1 unspecified atom stereocenters. The summed E-state index contributed by atoms with van der Waals surface area (Å²) in [4.78, 5) is 0. The maximum Gasteiger partial charge on any atom is 0.141 e. The van der Waals surface area contributed by atoms with Crippen molar-refractivity contribution in [3.05, 3.63) is 114 Å². The summed E-state index contributed by atoms with van der Waals surface area (Å²) in [5.74, 6) is 0.139. The highest BCUT2D eigenvalue weighted by Gasteiger charge is 2.38. The molecule has 122 valence electrons. The number of hydrogen-bond acceptors (Lipinski definition) is 2. The highest BCUT2D eigenvalue weighted by molar-refractivity contribution is 5.62. The van der Waals surface area contributed by atoms with E-state index >= 15 is 0 Å². The molecule has 1 aromatic carbocycles. The molecule has 0 heterocycles. The maximum atomic E-state index is 11.8. The van der Waals surface area contributed by atoms with Gasteiger partial charge >= 0.3 is 0 Å². The molecule has 0 spiro atoms. The molecular weight excluding hydrogens is 296 g/mol. The molecule has 1 aromatic rings. The summed E-state index contributed by atoms with van der Waals surface area (Å²) in [6.45, 7) is 13.5. The van der Waals surface area contributed by atoms with Gasteiger partial charge in [-0.1, -0.05) is 74.4 Å². The Morgan fingerprint density at radius 3 is 1.92 bits per heavy atom. The summed E-state index contributed by atoms with van der Waals surface area (Å²) in [5.41, 5.74) is 2.07. The first-order valence-electron chi connectivity index (χ1n) is 7.72. The Morgan fingerprint density at radius 1 is 0.875 bits per heavy atom.